The van der Waals surface area contributed by atoms with Gasteiger partial charge in [-0.3, -0.25) is 19.2 Å². The Morgan fingerprint density at radius 3 is 2.27 bits per heavy atom. The summed E-state index contributed by atoms with van der Waals surface area (Å²) in [5, 5.41) is 20.0. The summed E-state index contributed by atoms with van der Waals surface area (Å²) in [5.74, 6) is -3.31. The fourth-order valence-corrected chi connectivity index (χ4v) is 5.17. The van der Waals surface area contributed by atoms with Crippen LogP contribution in [0.3, 0.4) is 0 Å². The van der Waals surface area contributed by atoms with Crippen molar-refractivity contribution in [2.45, 2.75) is 96.4 Å². The Hall–Kier alpha value is -2.84. The van der Waals surface area contributed by atoms with E-state index in [1.54, 1.807) is 0 Å². The second-order valence-corrected chi connectivity index (χ2v) is 11.8. The molecule has 206 valence electrons. The van der Waals surface area contributed by atoms with Gasteiger partial charge in [0.25, 0.3) is 0 Å². The van der Waals surface area contributed by atoms with Crippen LogP contribution in [-0.2, 0) is 19.2 Å². The molecular weight excluding hydrogens is 491 g/mol. The number of nitrogens with zero attached hydrogens (tertiary/aromatic N) is 1. The lowest BCUT2D eigenvalue weighted by Crippen LogP contribution is -2.57. The number of nitrogens with one attached hydrogen (secondary N) is 4. The highest BCUT2D eigenvalue weighted by molar-refractivity contribution is 5.94. The molecule has 2 heterocycles. The summed E-state index contributed by atoms with van der Waals surface area (Å²) >= 11 is 0. The van der Waals surface area contributed by atoms with Gasteiger partial charge in [-0.05, 0) is 49.9 Å². The molecule has 4 N–H and O–H groups in total. The van der Waals surface area contributed by atoms with Crippen LogP contribution in [0.5, 0.6) is 0 Å². The average molecular weight is 528 g/mol. The first-order valence-electron chi connectivity index (χ1n) is 12.8. The number of hydrogen-bond acceptors (Lipinski definition) is 5. The molecule has 0 bridgehead atoms. The maximum Gasteiger partial charge on any atom is 0.403 e. The van der Waals surface area contributed by atoms with E-state index in [2.05, 4.69) is 21.3 Å². The lowest BCUT2D eigenvalue weighted by Gasteiger charge is -2.30. The van der Waals surface area contributed by atoms with Crippen LogP contribution >= 0.6 is 0 Å². The summed E-state index contributed by atoms with van der Waals surface area (Å²) in [4.78, 5) is 51.4. The molecule has 0 aromatic carbocycles. The topological polar surface area (TPSA) is 140 Å². The van der Waals surface area contributed by atoms with Crippen LogP contribution in [0.1, 0.15) is 72.1 Å². The average Bonchev–Trinajstić information content (AvgIpc) is 3.54. The first-order chi connectivity index (χ1) is 17.2. The predicted molar refractivity (Wildman–Crippen MR) is 126 cm³/mol. The standard InChI is InChI=1S/C25H36F3N5O4/c1-23(2,3)11-18-21(36)31-15(12-29)10-16-14(13-30-19(16)34)6-4-5-7-17(20(35)32-18)33-22(37)24(8-9-24)25(26,27)28/h14-18H,4-11,13H2,1-3H3,(H,30,34)(H,31,36)(H,32,35)(H,33,37)/t14-,15-,16-,17-,18-/m0/s1. The zero-order valence-electron chi connectivity index (χ0n) is 21.5. The minimum atomic E-state index is -4.72. The molecule has 3 aliphatic rings. The van der Waals surface area contributed by atoms with Gasteiger partial charge in [0.2, 0.25) is 23.6 Å². The van der Waals surface area contributed by atoms with Gasteiger partial charge in [0.1, 0.15) is 23.5 Å². The SMILES string of the molecule is CC(C)(C)C[C@@H]1NC(=O)[C@@H](NC(=O)C2(C(F)(F)F)CC2)CCCC[C@H]2CNC(=O)[C@H]2C[C@@H](C#N)NC1=O. The molecule has 0 aromatic rings. The number of halogens is 3. The second kappa shape index (κ2) is 10.9. The van der Waals surface area contributed by atoms with E-state index in [-0.39, 0.29) is 43.9 Å². The third kappa shape index (κ3) is 6.93. The van der Waals surface area contributed by atoms with E-state index < -0.39 is 58.8 Å². The summed E-state index contributed by atoms with van der Waals surface area (Å²) in [6.07, 6.45) is -3.35. The van der Waals surface area contributed by atoms with Crippen molar-refractivity contribution in [2.75, 3.05) is 6.54 Å². The van der Waals surface area contributed by atoms with E-state index in [0.717, 1.165) is 0 Å². The molecular formula is C25H36F3N5O4. The van der Waals surface area contributed by atoms with Crippen LogP contribution in [0.2, 0.25) is 0 Å². The molecule has 5 atom stereocenters. The van der Waals surface area contributed by atoms with Crippen molar-refractivity contribution in [3.05, 3.63) is 0 Å². The Morgan fingerprint density at radius 2 is 1.70 bits per heavy atom. The molecule has 12 heteroatoms. The molecule has 0 unspecified atom stereocenters. The van der Waals surface area contributed by atoms with Gasteiger partial charge in [-0.15, -0.1) is 0 Å². The normalized spacial score (nSPS) is 31.1. The number of carbonyl (C=O) groups is 4. The van der Waals surface area contributed by atoms with Crippen molar-refractivity contribution < 1.29 is 32.3 Å². The van der Waals surface area contributed by atoms with Crippen LogP contribution in [-0.4, -0.2) is 54.5 Å². The number of amides is 4. The molecule has 37 heavy (non-hydrogen) atoms. The minimum absolute atomic E-state index is 0.0737. The molecule has 0 aromatic heterocycles. The number of nitriles is 1. The van der Waals surface area contributed by atoms with Gasteiger partial charge in [0.05, 0.1) is 6.07 Å². The maximum absolute atomic E-state index is 13.5. The van der Waals surface area contributed by atoms with E-state index in [1.807, 2.05) is 26.8 Å². The first kappa shape index (κ1) is 28.7. The molecule has 0 spiro atoms. The van der Waals surface area contributed by atoms with Crippen LogP contribution < -0.4 is 21.3 Å². The quantitative estimate of drug-likeness (QED) is 0.445. The second-order valence-electron chi connectivity index (χ2n) is 11.8. The van der Waals surface area contributed by atoms with E-state index in [4.69, 9.17) is 0 Å². The third-order valence-electron chi connectivity index (χ3n) is 7.52. The number of rotatable bonds is 3. The van der Waals surface area contributed by atoms with Crippen LogP contribution in [0.25, 0.3) is 0 Å². The molecule has 1 aliphatic carbocycles. The molecule has 9 nitrogen and oxygen atoms in total. The van der Waals surface area contributed by atoms with Crippen LogP contribution in [0, 0.1) is 34.0 Å². The summed E-state index contributed by atoms with van der Waals surface area (Å²) in [5.41, 5.74) is -2.90. The van der Waals surface area contributed by atoms with Crippen molar-refractivity contribution in [3.8, 4) is 6.07 Å². The number of carbonyl (C=O) groups excluding carboxylic acids is 4. The lowest BCUT2D eigenvalue weighted by atomic mass is 9.84. The van der Waals surface area contributed by atoms with Crippen LogP contribution in [0.15, 0.2) is 0 Å². The van der Waals surface area contributed by atoms with Gasteiger partial charge in [0.15, 0.2) is 0 Å². The summed E-state index contributed by atoms with van der Waals surface area (Å²) in [6.45, 7) is 5.99. The maximum atomic E-state index is 13.5. The highest BCUT2D eigenvalue weighted by atomic mass is 19.4. The smallest absolute Gasteiger partial charge is 0.356 e. The Kier molecular flexibility index (Phi) is 8.44. The van der Waals surface area contributed by atoms with E-state index >= 15 is 0 Å². The van der Waals surface area contributed by atoms with Gasteiger partial charge < -0.3 is 21.3 Å². The highest BCUT2D eigenvalue weighted by Crippen LogP contribution is 2.57. The predicted octanol–water partition coefficient (Wildman–Crippen LogP) is 2.07. The van der Waals surface area contributed by atoms with Crippen molar-refractivity contribution in [1.29, 1.82) is 5.26 Å². The van der Waals surface area contributed by atoms with E-state index in [0.29, 0.717) is 25.8 Å². The van der Waals surface area contributed by atoms with Crippen molar-refractivity contribution >= 4 is 23.6 Å². The Bertz CT molecular complexity index is 951. The Balaban J connectivity index is 1.85. The monoisotopic (exact) mass is 527 g/mol. The van der Waals surface area contributed by atoms with Gasteiger partial charge in [-0.25, -0.2) is 0 Å². The molecule has 0 radical (unpaired) electrons. The molecule has 3 rings (SSSR count). The van der Waals surface area contributed by atoms with Gasteiger partial charge in [-0.2, -0.15) is 18.4 Å². The number of fused-ring (bicyclic) bond motifs is 1. The third-order valence-corrected chi connectivity index (χ3v) is 7.52. The molecule has 2 saturated heterocycles. The van der Waals surface area contributed by atoms with Gasteiger partial charge >= 0.3 is 6.18 Å². The van der Waals surface area contributed by atoms with Gasteiger partial charge in [-0.1, -0.05) is 33.6 Å². The molecule has 1 saturated carbocycles. The first-order valence-corrected chi connectivity index (χ1v) is 12.8. The molecule has 2 aliphatic heterocycles. The number of alkyl halides is 3. The van der Waals surface area contributed by atoms with E-state index in [9.17, 15) is 37.6 Å². The summed E-state index contributed by atoms with van der Waals surface area (Å²) in [6, 6.07) is -1.27. The lowest BCUT2D eigenvalue weighted by molar-refractivity contribution is -0.192. The fraction of sp³-hybridized carbons (Fsp3) is 0.800. The van der Waals surface area contributed by atoms with E-state index in [1.165, 1.54) is 0 Å². The highest BCUT2D eigenvalue weighted by Gasteiger charge is 2.68. The zero-order valence-corrected chi connectivity index (χ0v) is 21.5. The van der Waals surface area contributed by atoms with Crippen molar-refractivity contribution in [2.24, 2.45) is 22.7 Å². The zero-order chi connectivity index (χ0) is 27.6. The molecule has 3 fully saturated rings. The summed E-state index contributed by atoms with van der Waals surface area (Å²) in [7, 11) is 0. The van der Waals surface area contributed by atoms with Crippen LogP contribution in [0.4, 0.5) is 13.2 Å². The van der Waals surface area contributed by atoms with Gasteiger partial charge in [0, 0.05) is 12.5 Å². The Morgan fingerprint density at radius 1 is 1.05 bits per heavy atom. The number of hydrogen-bond donors (Lipinski definition) is 4. The fourth-order valence-electron chi connectivity index (χ4n) is 5.17. The Labute approximate surface area is 214 Å². The van der Waals surface area contributed by atoms with Crippen molar-refractivity contribution in [1.82, 2.24) is 21.3 Å². The van der Waals surface area contributed by atoms with Crippen molar-refractivity contribution in [3.63, 3.8) is 0 Å². The minimum Gasteiger partial charge on any atom is -0.356 e. The largest absolute Gasteiger partial charge is 0.403 e. The molecule has 4 amide bonds. The summed E-state index contributed by atoms with van der Waals surface area (Å²) < 4.78 is 40.5.